The van der Waals surface area contributed by atoms with Crippen LogP contribution in [0.25, 0.3) is 11.6 Å². The van der Waals surface area contributed by atoms with Crippen molar-refractivity contribution in [2.24, 2.45) is 0 Å². The maximum Gasteiger partial charge on any atom is 0.205 e. The Balaban J connectivity index is 1.48. The highest BCUT2D eigenvalue weighted by atomic mass is 16.1. The predicted molar refractivity (Wildman–Crippen MR) is 122 cm³/mol. The van der Waals surface area contributed by atoms with Crippen molar-refractivity contribution >= 4 is 23.1 Å². The van der Waals surface area contributed by atoms with Gasteiger partial charge in [0.25, 0.3) is 0 Å². The number of benzene rings is 2. The molecule has 150 valence electrons. The van der Waals surface area contributed by atoms with Crippen LogP contribution >= 0.6 is 0 Å². The molecule has 30 heavy (non-hydrogen) atoms. The number of fused-ring (bicyclic) bond motifs is 2. The van der Waals surface area contributed by atoms with Crippen LogP contribution in [0.15, 0.2) is 66.4 Å². The zero-order valence-corrected chi connectivity index (χ0v) is 17.6. The summed E-state index contributed by atoms with van der Waals surface area (Å²) >= 11 is 0. The van der Waals surface area contributed by atoms with Gasteiger partial charge >= 0.3 is 0 Å². The number of aromatic nitrogens is 2. The number of carbonyl (C=O) groups excluding carboxylic acids is 1. The van der Waals surface area contributed by atoms with Crippen molar-refractivity contribution in [2.75, 3.05) is 11.9 Å². The Labute approximate surface area is 176 Å². The van der Waals surface area contributed by atoms with Gasteiger partial charge in [0.15, 0.2) is 0 Å². The topological polar surface area (TPSA) is 49.0 Å². The molecule has 2 heterocycles. The Morgan fingerprint density at radius 3 is 2.57 bits per heavy atom. The number of nitrogens with one attached hydrogen (secondary N) is 1. The number of ketones is 1. The Morgan fingerprint density at radius 1 is 1.07 bits per heavy atom. The summed E-state index contributed by atoms with van der Waals surface area (Å²) in [5.74, 6) is -0.00700. The zero-order chi connectivity index (χ0) is 20.9. The van der Waals surface area contributed by atoms with Gasteiger partial charge in [0.1, 0.15) is 5.69 Å². The van der Waals surface area contributed by atoms with Crippen molar-refractivity contribution < 1.29 is 4.79 Å². The number of likely N-dealkylation sites (N-methyl/N-ethyl adjacent to an activating group) is 1. The number of hydrogen-bond acceptors (Lipinski definition) is 3. The molecular formula is C26H25N3O. The van der Waals surface area contributed by atoms with E-state index < -0.39 is 0 Å². The summed E-state index contributed by atoms with van der Waals surface area (Å²) in [6.07, 6.45) is 5.71. The van der Waals surface area contributed by atoms with E-state index in [0.29, 0.717) is 5.69 Å². The number of rotatable bonds is 3. The van der Waals surface area contributed by atoms with Crippen LogP contribution in [0.4, 0.5) is 5.69 Å². The first-order valence-electron chi connectivity index (χ1n) is 10.4. The lowest BCUT2D eigenvalue weighted by Gasteiger charge is -2.23. The molecule has 0 radical (unpaired) electrons. The molecule has 0 bridgehead atoms. The molecule has 4 nitrogen and oxygen atoms in total. The molecule has 0 saturated carbocycles. The second-order valence-corrected chi connectivity index (χ2v) is 8.60. The molecule has 3 aromatic rings. The molecule has 0 fully saturated rings. The van der Waals surface area contributed by atoms with Gasteiger partial charge < -0.3 is 4.90 Å². The molecule has 1 aromatic heterocycles. The van der Waals surface area contributed by atoms with E-state index in [2.05, 4.69) is 65.4 Å². The fourth-order valence-corrected chi connectivity index (χ4v) is 4.80. The van der Waals surface area contributed by atoms with Gasteiger partial charge in [-0.1, -0.05) is 62.4 Å². The molecule has 4 heteroatoms. The van der Waals surface area contributed by atoms with E-state index in [0.717, 1.165) is 41.0 Å². The predicted octanol–water partition coefficient (Wildman–Crippen LogP) is 5.39. The molecule has 0 spiro atoms. The highest BCUT2D eigenvalue weighted by molar-refractivity contribution is 6.06. The average Bonchev–Trinajstić information content (AvgIpc) is 3.39. The largest absolute Gasteiger partial charge is 0.347 e. The number of para-hydroxylation sites is 1. The summed E-state index contributed by atoms with van der Waals surface area (Å²) in [7, 11) is 2.03. The minimum atomic E-state index is -0.220. The smallest absolute Gasteiger partial charge is 0.205 e. The van der Waals surface area contributed by atoms with Crippen molar-refractivity contribution in [3.8, 4) is 0 Å². The summed E-state index contributed by atoms with van der Waals surface area (Å²) in [6, 6.07) is 18.6. The van der Waals surface area contributed by atoms with Crippen molar-refractivity contribution in [3.05, 3.63) is 94.4 Å². The highest BCUT2D eigenvalue weighted by Crippen LogP contribution is 2.46. The monoisotopic (exact) mass is 395 g/mol. The Hall–Kier alpha value is -3.40. The molecule has 1 aliphatic heterocycles. The van der Waals surface area contributed by atoms with Crippen LogP contribution in [-0.4, -0.2) is 23.0 Å². The van der Waals surface area contributed by atoms with Gasteiger partial charge in [-0.3, -0.25) is 9.89 Å². The molecule has 5 rings (SSSR count). The fourth-order valence-electron chi connectivity index (χ4n) is 4.80. The summed E-state index contributed by atoms with van der Waals surface area (Å²) in [5.41, 5.74) is 8.12. The van der Waals surface area contributed by atoms with Gasteiger partial charge in [-0.25, -0.2) is 0 Å². The Morgan fingerprint density at radius 2 is 1.80 bits per heavy atom. The van der Waals surface area contributed by atoms with Gasteiger partial charge in [0, 0.05) is 35.5 Å². The van der Waals surface area contributed by atoms with E-state index in [1.165, 1.54) is 11.1 Å². The number of anilines is 1. The first kappa shape index (κ1) is 18.6. The fraction of sp³-hybridized carbons (Fsp3) is 0.231. The van der Waals surface area contributed by atoms with E-state index in [1.807, 2.05) is 31.3 Å². The van der Waals surface area contributed by atoms with Crippen LogP contribution in [0.5, 0.6) is 0 Å². The van der Waals surface area contributed by atoms with E-state index in [-0.39, 0.29) is 11.2 Å². The maximum atomic E-state index is 13.3. The van der Waals surface area contributed by atoms with Gasteiger partial charge in [0.2, 0.25) is 5.78 Å². The van der Waals surface area contributed by atoms with E-state index in [4.69, 9.17) is 0 Å². The Kier molecular flexibility index (Phi) is 4.24. The van der Waals surface area contributed by atoms with Crippen LogP contribution in [0.1, 0.15) is 53.1 Å². The molecule has 0 saturated heterocycles. The third-order valence-corrected chi connectivity index (χ3v) is 6.41. The van der Waals surface area contributed by atoms with Crippen molar-refractivity contribution in [1.29, 1.82) is 0 Å². The lowest BCUT2D eigenvalue weighted by molar-refractivity contribution is 0.104. The molecule has 0 atom stereocenters. The van der Waals surface area contributed by atoms with Crippen LogP contribution < -0.4 is 4.90 Å². The second-order valence-electron chi connectivity index (χ2n) is 8.60. The lowest BCUT2D eigenvalue weighted by Crippen LogP contribution is -2.24. The van der Waals surface area contributed by atoms with Crippen molar-refractivity contribution in [1.82, 2.24) is 10.2 Å². The summed E-state index contributed by atoms with van der Waals surface area (Å²) in [4.78, 5) is 15.4. The summed E-state index contributed by atoms with van der Waals surface area (Å²) < 4.78 is 0. The second kappa shape index (κ2) is 6.84. The maximum absolute atomic E-state index is 13.3. The summed E-state index contributed by atoms with van der Waals surface area (Å²) in [6.45, 7) is 4.35. The average molecular weight is 396 g/mol. The van der Waals surface area contributed by atoms with Crippen LogP contribution in [0.3, 0.4) is 0 Å². The minimum Gasteiger partial charge on any atom is -0.347 e. The van der Waals surface area contributed by atoms with Crippen LogP contribution in [0, 0.1) is 0 Å². The number of aromatic amines is 1. The Bertz CT molecular complexity index is 1200. The standard InChI is InChI=1S/C26H25N3O/c1-26(2)20-11-7-8-12-21(20)29(3)23(26)16-22(30)25-19-14-13-18(24(19)27-28-25)15-17-9-5-4-6-10-17/h4-12,15-16H,13-14H2,1-3H3,(H,27,28)/b18-15-,23-16-. The minimum absolute atomic E-state index is 0.00700. The molecule has 1 N–H and O–H groups in total. The number of nitrogens with zero attached hydrogens (tertiary/aromatic N) is 2. The van der Waals surface area contributed by atoms with Gasteiger partial charge in [-0.2, -0.15) is 5.10 Å². The van der Waals surface area contributed by atoms with Crippen LogP contribution in [-0.2, 0) is 11.8 Å². The lowest BCUT2D eigenvalue weighted by atomic mass is 9.83. The number of hydrogen-bond donors (Lipinski definition) is 1. The summed E-state index contributed by atoms with van der Waals surface area (Å²) in [5, 5.41) is 7.53. The van der Waals surface area contributed by atoms with E-state index in [9.17, 15) is 4.79 Å². The molecular weight excluding hydrogens is 370 g/mol. The first-order valence-corrected chi connectivity index (χ1v) is 10.4. The molecule has 0 unspecified atom stereocenters. The number of carbonyl (C=O) groups is 1. The van der Waals surface area contributed by atoms with Crippen LogP contribution in [0.2, 0.25) is 0 Å². The van der Waals surface area contributed by atoms with Gasteiger partial charge in [0.05, 0.1) is 5.69 Å². The third-order valence-electron chi connectivity index (χ3n) is 6.41. The SMILES string of the molecule is CN1/C(=C\C(=O)c2[nH]nc3c2CC/C3=C/c2ccccc2)C(C)(C)c2ccccc21. The number of allylic oxidation sites excluding steroid dienone is 3. The van der Waals surface area contributed by atoms with E-state index in [1.54, 1.807) is 6.08 Å². The van der Waals surface area contributed by atoms with Gasteiger partial charge in [-0.05, 0) is 41.7 Å². The number of H-pyrrole nitrogens is 1. The first-order chi connectivity index (χ1) is 14.5. The quantitative estimate of drug-likeness (QED) is 0.478. The van der Waals surface area contributed by atoms with Crippen molar-refractivity contribution in [3.63, 3.8) is 0 Å². The third kappa shape index (κ3) is 2.83. The zero-order valence-electron chi connectivity index (χ0n) is 17.6. The normalized spacial score (nSPS) is 19.4. The van der Waals surface area contributed by atoms with Gasteiger partial charge in [-0.15, -0.1) is 0 Å². The van der Waals surface area contributed by atoms with E-state index >= 15 is 0 Å². The molecule has 0 amide bonds. The highest BCUT2D eigenvalue weighted by Gasteiger charge is 2.39. The molecule has 2 aliphatic rings. The molecule has 2 aromatic carbocycles. The molecule has 1 aliphatic carbocycles. The van der Waals surface area contributed by atoms with Crippen molar-refractivity contribution in [2.45, 2.75) is 32.1 Å².